The van der Waals surface area contributed by atoms with Crippen molar-refractivity contribution in [1.82, 2.24) is 0 Å². The van der Waals surface area contributed by atoms with E-state index in [0.29, 0.717) is 18.6 Å². The molecule has 0 amide bonds. The van der Waals surface area contributed by atoms with Gasteiger partial charge >= 0.3 is 11.9 Å². The Morgan fingerprint density at radius 3 is 2.65 bits per heavy atom. The van der Waals surface area contributed by atoms with E-state index >= 15 is 0 Å². The van der Waals surface area contributed by atoms with Crippen molar-refractivity contribution in [3.05, 3.63) is 23.8 Å². The van der Waals surface area contributed by atoms with E-state index in [1.807, 2.05) is 0 Å². The van der Waals surface area contributed by atoms with Crippen LogP contribution >= 0.6 is 0 Å². The molecule has 0 aliphatic carbocycles. The van der Waals surface area contributed by atoms with Gasteiger partial charge < -0.3 is 24.4 Å². The molecule has 0 bridgehead atoms. The molecule has 4 atom stereocenters. The van der Waals surface area contributed by atoms with Crippen LogP contribution in [0.15, 0.2) is 23.8 Å². The van der Waals surface area contributed by atoms with Crippen molar-refractivity contribution in [2.75, 3.05) is 6.61 Å². The summed E-state index contributed by atoms with van der Waals surface area (Å²) in [6.07, 6.45) is 5.55. The summed E-state index contributed by atoms with van der Waals surface area (Å²) in [6.45, 7) is 5.67. The number of carbonyl (C=O) groups is 2. The summed E-state index contributed by atoms with van der Waals surface area (Å²) in [6, 6.07) is 0. The van der Waals surface area contributed by atoms with E-state index in [1.54, 1.807) is 32.9 Å². The smallest absolute Gasteiger partial charge is 0.333 e. The lowest BCUT2D eigenvalue weighted by Crippen LogP contribution is -2.48. The molecule has 0 aromatic carbocycles. The Kier molecular flexibility index (Phi) is 10.2. The predicted octanol–water partition coefficient (Wildman–Crippen LogP) is 2.58. The molecule has 0 aromatic heterocycles. The monoisotopic (exact) mass is 370 g/mol. The van der Waals surface area contributed by atoms with Crippen molar-refractivity contribution in [1.29, 1.82) is 0 Å². The van der Waals surface area contributed by atoms with Crippen molar-refractivity contribution >= 4 is 11.9 Å². The molecule has 0 radical (unpaired) electrons. The first-order valence-corrected chi connectivity index (χ1v) is 9.03. The summed E-state index contributed by atoms with van der Waals surface area (Å²) in [7, 11) is 0. The molecule has 148 valence electrons. The molecule has 0 spiro atoms. The molecule has 7 nitrogen and oxygen atoms in total. The zero-order valence-corrected chi connectivity index (χ0v) is 15.7. The Labute approximate surface area is 154 Å². The fourth-order valence-electron chi connectivity index (χ4n) is 2.50. The SMILES string of the molecule is C/C=C(\C)C(=O)O[C@@H]1C[C@H](O)C(OCCCCC/C=C/C(=O)O)OC1C. The minimum Gasteiger partial charge on any atom is -0.478 e. The number of carboxylic acid groups (broad SMARTS) is 1. The maximum atomic E-state index is 11.8. The van der Waals surface area contributed by atoms with Crippen molar-refractivity contribution in [3.8, 4) is 0 Å². The zero-order chi connectivity index (χ0) is 19.5. The van der Waals surface area contributed by atoms with Crippen LogP contribution < -0.4 is 0 Å². The number of hydrogen-bond acceptors (Lipinski definition) is 6. The Hall–Kier alpha value is -1.70. The van der Waals surface area contributed by atoms with Gasteiger partial charge in [0.1, 0.15) is 12.2 Å². The van der Waals surface area contributed by atoms with Gasteiger partial charge in [0.05, 0.1) is 6.10 Å². The molecule has 0 saturated carbocycles. The number of hydrogen-bond donors (Lipinski definition) is 2. The molecule has 1 aliphatic heterocycles. The molecular weight excluding hydrogens is 340 g/mol. The molecule has 1 aliphatic rings. The van der Waals surface area contributed by atoms with Gasteiger partial charge in [-0.3, -0.25) is 0 Å². The average Bonchev–Trinajstić information content (AvgIpc) is 2.59. The van der Waals surface area contributed by atoms with Crippen LogP contribution in [0.5, 0.6) is 0 Å². The average molecular weight is 370 g/mol. The fraction of sp³-hybridized carbons (Fsp3) is 0.684. The first kappa shape index (κ1) is 22.3. The van der Waals surface area contributed by atoms with Gasteiger partial charge in [0.2, 0.25) is 0 Å². The molecule has 2 N–H and O–H groups in total. The van der Waals surface area contributed by atoms with Gasteiger partial charge in [0, 0.05) is 24.7 Å². The predicted molar refractivity (Wildman–Crippen MR) is 95.5 cm³/mol. The van der Waals surface area contributed by atoms with Gasteiger partial charge in [-0.25, -0.2) is 9.59 Å². The quantitative estimate of drug-likeness (QED) is 0.346. The highest BCUT2D eigenvalue weighted by Crippen LogP contribution is 2.24. The molecule has 1 saturated heterocycles. The number of rotatable bonds is 10. The van der Waals surface area contributed by atoms with Crippen molar-refractivity contribution in [2.24, 2.45) is 0 Å². The van der Waals surface area contributed by atoms with Crippen LogP contribution in [0.25, 0.3) is 0 Å². The van der Waals surface area contributed by atoms with E-state index < -0.39 is 30.4 Å². The minimum absolute atomic E-state index is 0.272. The summed E-state index contributed by atoms with van der Waals surface area (Å²) in [4.78, 5) is 22.2. The number of allylic oxidation sites excluding steroid dienone is 2. The normalized spacial score (nSPS) is 26.8. The van der Waals surface area contributed by atoms with Crippen molar-refractivity contribution in [3.63, 3.8) is 0 Å². The molecule has 1 rings (SSSR count). The number of aliphatic carboxylic acids is 1. The number of carboxylic acids is 1. The number of esters is 1. The summed E-state index contributed by atoms with van der Waals surface area (Å²) in [5, 5.41) is 18.6. The maximum Gasteiger partial charge on any atom is 0.333 e. The molecule has 2 unspecified atom stereocenters. The highest BCUT2D eigenvalue weighted by atomic mass is 16.7. The lowest BCUT2D eigenvalue weighted by molar-refractivity contribution is -0.264. The lowest BCUT2D eigenvalue weighted by Gasteiger charge is -2.37. The lowest BCUT2D eigenvalue weighted by atomic mass is 10.0. The van der Waals surface area contributed by atoms with Crippen LogP contribution in [0, 0.1) is 0 Å². The third-order valence-corrected chi connectivity index (χ3v) is 4.23. The zero-order valence-electron chi connectivity index (χ0n) is 15.7. The van der Waals surface area contributed by atoms with Crippen LogP contribution in [0.2, 0.25) is 0 Å². The number of unbranched alkanes of at least 4 members (excludes halogenated alkanes) is 3. The molecule has 1 fully saturated rings. The van der Waals surface area contributed by atoms with Gasteiger partial charge in [0.25, 0.3) is 0 Å². The van der Waals surface area contributed by atoms with Crippen LogP contribution in [-0.4, -0.2) is 53.4 Å². The van der Waals surface area contributed by atoms with E-state index in [2.05, 4.69) is 0 Å². The highest BCUT2D eigenvalue weighted by molar-refractivity contribution is 5.87. The summed E-state index contributed by atoms with van der Waals surface area (Å²) < 4.78 is 16.6. The van der Waals surface area contributed by atoms with Crippen LogP contribution in [0.4, 0.5) is 0 Å². The number of carbonyl (C=O) groups excluding carboxylic acids is 1. The molecule has 0 aromatic rings. The van der Waals surface area contributed by atoms with Crippen molar-refractivity contribution < 1.29 is 34.0 Å². The Morgan fingerprint density at radius 1 is 1.27 bits per heavy atom. The van der Waals surface area contributed by atoms with Gasteiger partial charge in [-0.05, 0) is 40.0 Å². The third-order valence-electron chi connectivity index (χ3n) is 4.23. The van der Waals surface area contributed by atoms with Gasteiger partial charge in [-0.1, -0.05) is 18.6 Å². The van der Waals surface area contributed by atoms with E-state index in [0.717, 1.165) is 25.3 Å². The molecular formula is C19H30O7. The van der Waals surface area contributed by atoms with E-state index in [9.17, 15) is 14.7 Å². The first-order chi connectivity index (χ1) is 12.3. The third kappa shape index (κ3) is 8.12. The fourth-order valence-corrected chi connectivity index (χ4v) is 2.50. The van der Waals surface area contributed by atoms with Gasteiger partial charge in [-0.15, -0.1) is 0 Å². The second kappa shape index (κ2) is 11.8. The van der Waals surface area contributed by atoms with Crippen molar-refractivity contribution in [2.45, 2.75) is 77.5 Å². The number of aliphatic hydroxyl groups excluding tert-OH is 1. The molecule has 7 heteroatoms. The maximum absolute atomic E-state index is 11.8. The highest BCUT2D eigenvalue weighted by Gasteiger charge is 2.37. The molecule has 26 heavy (non-hydrogen) atoms. The number of aliphatic hydroxyl groups is 1. The Morgan fingerprint density at radius 2 is 2.00 bits per heavy atom. The molecule has 1 heterocycles. The summed E-state index contributed by atoms with van der Waals surface area (Å²) >= 11 is 0. The van der Waals surface area contributed by atoms with E-state index in [1.165, 1.54) is 0 Å². The van der Waals surface area contributed by atoms with Crippen LogP contribution in [-0.2, 0) is 23.8 Å². The minimum atomic E-state index is -0.934. The van der Waals surface area contributed by atoms with Crippen LogP contribution in [0.3, 0.4) is 0 Å². The largest absolute Gasteiger partial charge is 0.478 e. The summed E-state index contributed by atoms with van der Waals surface area (Å²) in [5.74, 6) is -1.34. The van der Waals surface area contributed by atoms with Gasteiger partial charge in [0.15, 0.2) is 6.29 Å². The summed E-state index contributed by atoms with van der Waals surface area (Å²) in [5.41, 5.74) is 0.517. The van der Waals surface area contributed by atoms with Gasteiger partial charge in [-0.2, -0.15) is 0 Å². The van der Waals surface area contributed by atoms with E-state index in [-0.39, 0.29) is 12.5 Å². The first-order valence-electron chi connectivity index (χ1n) is 9.03. The Bertz CT molecular complexity index is 512. The van der Waals surface area contributed by atoms with Crippen LogP contribution in [0.1, 0.15) is 52.9 Å². The standard InChI is InChI=1S/C19H30O7/c1-4-13(2)18(23)26-16-12-15(20)19(25-14(16)3)24-11-9-7-5-6-8-10-17(21)22/h4,8,10,14-16,19-20H,5-7,9,11-12H2,1-3H3,(H,21,22)/b10-8+,13-4+/t14?,15-,16+,19?/m0/s1. The Balaban J connectivity index is 2.26. The second-order valence-electron chi connectivity index (χ2n) is 6.39. The topological polar surface area (TPSA) is 102 Å². The number of ether oxygens (including phenoxy) is 3. The second-order valence-corrected chi connectivity index (χ2v) is 6.39. The van der Waals surface area contributed by atoms with E-state index in [4.69, 9.17) is 19.3 Å².